The number of rotatable bonds is 7. The van der Waals surface area contributed by atoms with Gasteiger partial charge in [-0.3, -0.25) is 9.59 Å². The Labute approximate surface area is 145 Å². The molecule has 0 saturated heterocycles. The molecule has 0 bridgehead atoms. The van der Waals surface area contributed by atoms with Gasteiger partial charge in [-0.15, -0.1) is 0 Å². The van der Waals surface area contributed by atoms with Gasteiger partial charge in [0.25, 0.3) is 11.5 Å². The van der Waals surface area contributed by atoms with Crippen LogP contribution in [0.3, 0.4) is 0 Å². The van der Waals surface area contributed by atoms with Gasteiger partial charge >= 0.3 is 0 Å². The second kappa shape index (κ2) is 8.15. The fraction of sp³-hybridized carbons (Fsp3) is 0.200. The number of carbonyl (C=O) groups excluding carboxylic acids is 1. The van der Waals surface area contributed by atoms with Crippen LogP contribution in [0.1, 0.15) is 28.3 Å². The van der Waals surface area contributed by atoms with E-state index in [1.54, 1.807) is 30.5 Å². The number of pyridine rings is 1. The van der Waals surface area contributed by atoms with Crippen molar-refractivity contribution < 1.29 is 9.21 Å². The Morgan fingerprint density at radius 2 is 1.80 bits per heavy atom. The molecule has 2 heterocycles. The molecule has 0 aliphatic carbocycles. The van der Waals surface area contributed by atoms with Crippen molar-refractivity contribution in [3.05, 3.63) is 94.3 Å². The molecule has 25 heavy (non-hydrogen) atoms. The summed E-state index contributed by atoms with van der Waals surface area (Å²) in [5.74, 6) is 0.598. The number of hydrogen-bond donors (Lipinski definition) is 1. The number of benzene rings is 1. The minimum Gasteiger partial charge on any atom is -0.454 e. The molecule has 0 saturated carbocycles. The van der Waals surface area contributed by atoms with Gasteiger partial charge in [0.2, 0.25) is 0 Å². The maximum Gasteiger partial charge on any atom is 0.286 e. The maximum atomic E-state index is 12.1. The summed E-state index contributed by atoms with van der Waals surface area (Å²) in [7, 11) is 0. The van der Waals surface area contributed by atoms with Crippen molar-refractivity contribution >= 4 is 5.91 Å². The van der Waals surface area contributed by atoms with Gasteiger partial charge in [-0.25, -0.2) is 0 Å². The summed E-state index contributed by atoms with van der Waals surface area (Å²) in [5, 5.41) is 2.86. The average molecular weight is 336 g/mol. The summed E-state index contributed by atoms with van der Waals surface area (Å²) >= 11 is 0. The molecule has 1 aromatic carbocycles. The molecule has 2 aromatic heterocycles. The van der Waals surface area contributed by atoms with Crippen LogP contribution in [0.4, 0.5) is 0 Å². The van der Waals surface area contributed by atoms with Crippen LogP contribution < -0.4 is 10.9 Å². The lowest BCUT2D eigenvalue weighted by molar-refractivity contribution is 0.0923. The van der Waals surface area contributed by atoms with Crippen LogP contribution >= 0.6 is 0 Å². The first kappa shape index (κ1) is 16.8. The van der Waals surface area contributed by atoms with Crippen molar-refractivity contribution in [3.8, 4) is 0 Å². The van der Waals surface area contributed by atoms with E-state index in [1.165, 1.54) is 16.2 Å². The van der Waals surface area contributed by atoms with Gasteiger partial charge in [0.15, 0.2) is 5.76 Å². The standard InChI is InChI=1S/C20H20N2O3/c23-19-10-4-5-14-22(19)15-17-11-12-18(25-17)20(24)21-13-6-9-16-7-2-1-3-8-16/h1-5,7-8,10-12,14H,6,9,13,15H2,(H,21,24). The second-order valence-electron chi connectivity index (χ2n) is 5.78. The van der Waals surface area contributed by atoms with E-state index in [4.69, 9.17) is 4.42 Å². The molecule has 0 radical (unpaired) electrons. The van der Waals surface area contributed by atoms with Crippen LogP contribution in [0.2, 0.25) is 0 Å². The molecule has 3 rings (SSSR count). The summed E-state index contributed by atoms with van der Waals surface area (Å²) in [6, 6.07) is 18.5. The molecule has 1 amide bonds. The Balaban J connectivity index is 1.49. The SMILES string of the molecule is O=C(NCCCc1ccccc1)c1ccc(Cn2ccccc2=O)o1. The van der Waals surface area contributed by atoms with Crippen LogP contribution in [0, 0.1) is 0 Å². The second-order valence-corrected chi connectivity index (χ2v) is 5.78. The van der Waals surface area contributed by atoms with E-state index in [9.17, 15) is 9.59 Å². The van der Waals surface area contributed by atoms with Crippen molar-refractivity contribution in [1.82, 2.24) is 9.88 Å². The van der Waals surface area contributed by atoms with E-state index in [0.29, 0.717) is 18.8 Å². The molecule has 5 nitrogen and oxygen atoms in total. The lowest BCUT2D eigenvalue weighted by atomic mass is 10.1. The zero-order valence-electron chi connectivity index (χ0n) is 13.9. The van der Waals surface area contributed by atoms with Crippen molar-refractivity contribution in [3.63, 3.8) is 0 Å². The van der Waals surface area contributed by atoms with Gasteiger partial charge < -0.3 is 14.3 Å². The minimum absolute atomic E-state index is 0.106. The number of aryl methyl sites for hydroxylation is 1. The van der Waals surface area contributed by atoms with Crippen LogP contribution in [0.15, 0.2) is 76.1 Å². The topological polar surface area (TPSA) is 64.2 Å². The Morgan fingerprint density at radius 1 is 1.00 bits per heavy atom. The third-order valence-corrected chi connectivity index (χ3v) is 3.88. The first-order chi connectivity index (χ1) is 12.2. The smallest absolute Gasteiger partial charge is 0.286 e. The normalized spacial score (nSPS) is 10.6. The first-order valence-corrected chi connectivity index (χ1v) is 8.29. The number of aromatic nitrogens is 1. The number of nitrogens with one attached hydrogen (secondary N) is 1. The molecule has 0 aliphatic rings. The number of hydrogen-bond acceptors (Lipinski definition) is 3. The molecular formula is C20H20N2O3. The molecule has 3 aromatic rings. The molecule has 0 spiro atoms. The third-order valence-electron chi connectivity index (χ3n) is 3.88. The van der Waals surface area contributed by atoms with Gasteiger partial charge in [0.1, 0.15) is 5.76 Å². The highest BCUT2D eigenvalue weighted by molar-refractivity contribution is 5.91. The summed E-state index contributed by atoms with van der Waals surface area (Å²) in [4.78, 5) is 23.8. The van der Waals surface area contributed by atoms with Gasteiger partial charge in [-0.05, 0) is 36.6 Å². The first-order valence-electron chi connectivity index (χ1n) is 8.29. The molecule has 128 valence electrons. The largest absolute Gasteiger partial charge is 0.454 e. The predicted molar refractivity (Wildman–Crippen MR) is 95.6 cm³/mol. The zero-order chi connectivity index (χ0) is 17.5. The van der Waals surface area contributed by atoms with E-state index in [1.807, 2.05) is 18.2 Å². The molecule has 5 heteroatoms. The summed E-state index contributed by atoms with van der Waals surface area (Å²) < 4.78 is 7.08. The van der Waals surface area contributed by atoms with Gasteiger partial charge in [-0.2, -0.15) is 0 Å². The molecule has 0 atom stereocenters. The maximum absolute atomic E-state index is 12.1. The van der Waals surface area contributed by atoms with Gasteiger partial charge in [-0.1, -0.05) is 36.4 Å². The quantitative estimate of drug-likeness (QED) is 0.675. The lowest BCUT2D eigenvalue weighted by Gasteiger charge is -2.04. The number of amides is 1. The highest BCUT2D eigenvalue weighted by Crippen LogP contribution is 2.09. The van der Waals surface area contributed by atoms with Crippen LogP contribution in [-0.4, -0.2) is 17.0 Å². The Kier molecular flexibility index (Phi) is 5.46. The minimum atomic E-state index is -0.236. The van der Waals surface area contributed by atoms with E-state index >= 15 is 0 Å². The van der Waals surface area contributed by atoms with Crippen molar-refractivity contribution in [1.29, 1.82) is 0 Å². The Morgan fingerprint density at radius 3 is 2.60 bits per heavy atom. The Bertz CT molecular complexity index is 881. The van der Waals surface area contributed by atoms with E-state index < -0.39 is 0 Å². The lowest BCUT2D eigenvalue weighted by Crippen LogP contribution is -2.24. The van der Waals surface area contributed by atoms with Gasteiger partial charge in [0.05, 0.1) is 6.54 Å². The van der Waals surface area contributed by atoms with Gasteiger partial charge in [0, 0.05) is 18.8 Å². The monoisotopic (exact) mass is 336 g/mol. The van der Waals surface area contributed by atoms with E-state index in [-0.39, 0.29) is 17.2 Å². The van der Waals surface area contributed by atoms with Crippen molar-refractivity contribution in [2.24, 2.45) is 0 Å². The predicted octanol–water partition coefficient (Wildman–Crippen LogP) is 2.85. The molecule has 1 N–H and O–H groups in total. The highest BCUT2D eigenvalue weighted by atomic mass is 16.4. The molecular weight excluding hydrogens is 316 g/mol. The summed E-state index contributed by atoms with van der Waals surface area (Å²) in [6.07, 6.45) is 3.47. The van der Waals surface area contributed by atoms with Crippen molar-refractivity contribution in [2.45, 2.75) is 19.4 Å². The van der Waals surface area contributed by atoms with Crippen LogP contribution in [0.25, 0.3) is 0 Å². The van der Waals surface area contributed by atoms with Crippen LogP contribution in [-0.2, 0) is 13.0 Å². The van der Waals surface area contributed by atoms with Crippen molar-refractivity contribution in [2.75, 3.05) is 6.54 Å². The third kappa shape index (κ3) is 4.70. The number of furan rings is 1. The molecule has 0 fully saturated rings. The number of carbonyl (C=O) groups is 1. The summed E-state index contributed by atoms with van der Waals surface area (Å²) in [5.41, 5.74) is 1.15. The fourth-order valence-electron chi connectivity index (χ4n) is 2.57. The van der Waals surface area contributed by atoms with E-state index in [0.717, 1.165) is 12.8 Å². The zero-order valence-corrected chi connectivity index (χ0v) is 13.9. The average Bonchev–Trinajstić information content (AvgIpc) is 3.10. The molecule has 0 aliphatic heterocycles. The van der Waals surface area contributed by atoms with Crippen LogP contribution in [0.5, 0.6) is 0 Å². The highest BCUT2D eigenvalue weighted by Gasteiger charge is 2.11. The fourth-order valence-corrected chi connectivity index (χ4v) is 2.57. The van der Waals surface area contributed by atoms with E-state index in [2.05, 4.69) is 17.4 Å². The number of nitrogens with zero attached hydrogens (tertiary/aromatic N) is 1. The molecule has 0 unspecified atom stereocenters. The Hall–Kier alpha value is -3.08. The summed E-state index contributed by atoms with van der Waals surface area (Å²) in [6.45, 7) is 0.892.